The molecule has 0 radical (unpaired) electrons. The van der Waals surface area contributed by atoms with Crippen LogP contribution in [0.15, 0.2) is 0 Å². The van der Waals surface area contributed by atoms with E-state index in [0.717, 1.165) is 12.2 Å². The van der Waals surface area contributed by atoms with E-state index in [1.54, 1.807) is 0 Å². The van der Waals surface area contributed by atoms with Crippen LogP contribution in [0, 0.1) is 0 Å². The number of thiocarbonyl (C=S) groups is 1. The summed E-state index contributed by atoms with van der Waals surface area (Å²) in [6.45, 7) is 2.15. The minimum atomic E-state index is 0.488. The summed E-state index contributed by atoms with van der Waals surface area (Å²) in [7, 11) is 1.95. The van der Waals surface area contributed by atoms with Gasteiger partial charge in [-0.15, -0.1) is 0 Å². The van der Waals surface area contributed by atoms with Crippen LogP contribution >= 0.6 is 24.0 Å². The predicted molar refractivity (Wildman–Crippen MR) is 57.0 cm³/mol. The van der Waals surface area contributed by atoms with Crippen molar-refractivity contribution in [3.05, 3.63) is 0 Å². The highest BCUT2D eigenvalue weighted by Gasteiger charge is 2.11. The molecule has 0 amide bonds. The molecule has 0 aromatic heterocycles. The summed E-state index contributed by atoms with van der Waals surface area (Å²) >= 11 is 6.69. The number of thioether (sulfide) groups is 1. The highest BCUT2D eigenvalue weighted by Crippen LogP contribution is 2.07. The largest absolute Gasteiger partial charge is 0.376 e. The molecule has 1 unspecified atom stereocenters. The summed E-state index contributed by atoms with van der Waals surface area (Å²) in [4.78, 5) is 1.96. The lowest BCUT2D eigenvalue weighted by atomic mass is 10.2. The minimum absolute atomic E-state index is 0.488. The Hall–Kier alpha value is 0.0400. The second-order valence-electron chi connectivity index (χ2n) is 2.47. The molecule has 2 N–H and O–H groups in total. The molecule has 0 rings (SSSR count). The van der Waals surface area contributed by atoms with Gasteiger partial charge in [-0.3, -0.25) is 0 Å². The molecular formula is C7H16N2S2. The monoisotopic (exact) mass is 192 g/mol. The van der Waals surface area contributed by atoms with Crippen molar-refractivity contribution in [2.24, 2.45) is 5.73 Å². The molecule has 0 fully saturated rings. The van der Waals surface area contributed by atoms with Gasteiger partial charge in [0.05, 0.1) is 0 Å². The van der Waals surface area contributed by atoms with Gasteiger partial charge in [-0.2, -0.15) is 11.8 Å². The fourth-order valence-corrected chi connectivity index (χ4v) is 1.87. The van der Waals surface area contributed by atoms with E-state index in [0.29, 0.717) is 11.2 Å². The Bertz CT molecular complexity index is 128. The fourth-order valence-electron chi connectivity index (χ4n) is 0.876. The first-order chi connectivity index (χ1) is 5.13. The summed E-state index contributed by atoms with van der Waals surface area (Å²) in [6.07, 6.45) is 3.19. The summed E-state index contributed by atoms with van der Waals surface area (Å²) < 4.78 is 0. The number of nitrogens with two attached hydrogens (primary N) is 1. The molecular weight excluding hydrogens is 176 g/mol. The number of hydrogen-bond acceptors (Lipinski definition) is 2. The van der Waals surface area contributed by atoms with Crippen molar-refractivity contribution >= 4 is 29.1 Å². The molecule has 66 valence electrons. The third kappa shape index (κ3) is 3.82. The van der Waals surface area contributed by atoms with Crippen LogP contribution in [0.5, 0.6) is 0 Å². The summed E-state index contributed by atoms with van der Waals surface area (Å²) in [5.74, 6) is 1.09. The summed E-state index contributed by atoms with van der Waals surface area (Å²) in [5, 5.41) is 0.492. The van der Waals surface area contributed by atoms with Crippen molar-refractivity contribution in [1.82, 2.24) is 4.90 Å². The van der Waals surface area contributed by atoms with E-state index >= 15 is 0 Å². The molecule has 0 aliphatic carbocycles. The molecule has 1 atom stereocenters. The maximum Gasteiger partial charge on any atom is 0.166 e. The molecule has 0 aromatic carbocycles. The first kappa shape index (κ1) is 11.0. The van der Waals surface area contributed by atoms with Gasteiger partial charge in [0.15, 0.2) is 5.11 Å². The van der Waals surface area contributed by atoms with Gasteiger partial charge in [-0.05, 0) is 24.9 Å². The second-order valence-corrected chi connectivity index (χ2v) is 3.80. The Labute approximate surface area is 78.5 Å². The Balaban J connectivity index is 3.91. The van der Waals surface area contributed by atoms with E-state index < -0.39 is 0 Å². The lowest BCUT2D eigenvalue weighted by Crippen LogP contribution is -2.41. The van der Waals surface area contributed by atoms with Crippen LogP contribution in [0.1, 0.15) is 13.3 Å². The zero-order valence-electron chi connectivity index (χ0n) is 7.33. The minimum Gasteiger partial charge on any atom is -0.376 e. The molecule has 0 aromatic rings. The smallest absolute Gasteiger partial charge is 0.166 e. The normalized spacial score (nSPS) is 12.6. The molecule has 0 aliphatic heterocycles. The van der Waals surface area contributed by atoms with E-state index in [9.17, 15) is 0 Å². The maximum absolute atomic E-state index is 5.49. The molecule has 0 saturated carbocycles. The third-order valence-corrected chi connectivity index (χ3v) is 2.73. The molecule has 2 nitrogen and oxygen atoms in total. The van der Waals surface area contributed by atoms with Crippen LogP contribution < -0.4 is 5.73 Å². The average Bonchev–Trinajstić information content (AvgIpc) is 1.98. The topological polar surface area (TPSA) is 29.3 Å². The Morgan fingerprint density at radius 2 is 2.27 bits per heavy atom. The maximum atomic E-state index is 5.49. The van der Waals surface area contributed by atoms with Gasteiger partial charge in [0.25, 0.3) is 0 Å². The van der Waals surface area contributed by atoms with E-state index in [1.165, 1.54) is 0 Å². The van der Waals surface area contributed by atoms with Crippen LogP contribution in [0.3, 0.4) is 0 Å². The van der Waals surface area contributed by atoms with Crippen molar-refractivity contribution in [3.8, 4) is 0 Å². The van der Waals surface area contributed by atoms with Gasteiger partial charge in [-0.1, -0.05) is 6.92 Å². The van der Waals surface area contributed by atoms with E-state index in [1.807, 2.05) is 23.7 Å². The summed E-state index contributed by atoms with van der Waals surface area (Å²) in [5.41, 5.74) is 5.49. The molecule has 4 heteroatoms. The van der Waals surface area contributed by atoms with Crippen molar-refractivity contribution in [2.75, 3.05) is 19.1 Å². The van der Waals surface area contributed by atoms with Crippen molar-refractivity contribution in [3.63, 3.8) is 0 Å². The fraction of sp³-hybridized carbons (Fsp3) is 0.857. The Morgan fingerprint density at radius 1 is 1.73 bits per heavy atom. The predicted octanol–water partition coefficient (Wildman–Crippen LogP) is 1.30. The zero-order chi connectivity index (χ0) is 8.85. The van der Waals surface area contributed by atoms with Crippen molar-refractivity contribution in [1.29, 1.82) is 0 Å². The first-order valence-electron chi connectivity index (χ1n) is 3.64. The number of hydrogen-bond donors (Lipinski definition) is 1. The number of rotatable bonds is 4. The van der Waals surface area contributed by atoms with Gasteiger partial charge < -0.3 is 10.6 Å². The lowest BCUT2D eigenvalue weighted by molar-refractivity contribution is 0.389. The molecule has 11 heavy (non-hydrogen) atoms. The van der Waals surface area contributed by atoms with E-state index in [2.05, 4.69) is 13.2 Å². The van der Waals surface area contributed by atoms with Gasteiger partial charge in [0.1, 0.15) is 0 Å². The average molecular weight is 192 g/mol. The molecule has 0 saturated heterocycles. The standard InChI is InChI=1S/C7H16N2S2/c1-4-6(5-11-3)9(2)7(8)10/h6H,4-5H2,1-3H3,(H2,8,10). The Morgan fingerprint density at radius 3 is 2.55 bits per heavy atom. The van der Waals surface area contributed by atoms with Crippen LogP contribution in [-0.4, -0.2) is 35.1 Å². The lowest BCUT2D eigenvalue weighted by Gasteiger charge is -2.26. The zero-order valence-corrected chi connectivity index (χ0v) is 8.97. The third-order valence-electron chi connectivity index (χ3n) is 1.73. The molecule has 0 aliphatic rings. The van der Waals surface area contributed by atoms with Crippen molar-refractivity contribution in [2.45, 2.75) is 19.4 Å². The Kier molecular flexibility index (Phi) is 5.68. The van der Waals surface area contributed by atoms with Crippen LogP contribution in [-0.2, 0) is 0 Å². The summed E-state index contributed by atoms with van der Waals surface area (Å²) in [6, 6.07) is 0.488. The van der Waals surface area contributed by atoms with Crippen molar-refractivity contribution < 1.29 is 0 Å². The van der Waals surface area contributed by atoms with Gasteiger partial charge in [-0.25, -0.2) is 0 Å². The highest BCUT2D eigenvalue weighted by atomic mass is 32.2. The number of nitrogens with zero attached hydrogens (tertiary/aromatic N) is 1. The molecule has 0 spiro atoms. The quantitative estimate of drug-likeness (QED) is 0.680. The first-order valence-corrected chi connectivity index (χ1v) is 5.44. The van der Waals surface area contributed by atoms with Crippen LogP contribution in [0.2, 0.25) is 0 Å². The van der Waals surface area contributed by atoms with Crippen LogP contribution in [0.25, 0.3) is 0 Å². The van der Waals surface area contributed by atoms with Gasteiger partial charge >= 0.3 is 0 Å². The second kappa shape index (κ2) is 5.66. The van der Waals surface area contributed by atoms with E-state index in [4.69, 9.17) is 18.0 Å². The molecule has 0 heterocycles. The van der Waals surface area contributed by atoms with Gasteiger partial charge in [0, 0.05) is 18.8 Å². The van der Waals surface area contributed by atoms with E-state index in [-0.39, 0.29) is 0 Å². The van der Waals surface area contributed by atoms with Gasteiger partial charge in [0.2, 0.25) is 0 Å². The molecule has 0 bridgehead atoms. The van der Waals surface area contributed by atoms with Crippen LogP contribution in [0.4, 0.5) is 0 Å². The highest BCUT2D eigenvalue weighted by molar-refractivity contribution is 7.98. The SMILES string of the molecule is CCC(CSC)N(C)C(N)=S.